The number of rotatable bonds is 10. The fourth-order valence-corrected chi connectivity index (χ4v) is 17.0. The number of benzene rings is 4. The maximum atomic E-state index is 2.65. The molecule has 5 heteroatoms. The van der Waals surface area contributed by atoms with Crippen LogP contribution < -0.4 is 35.4 Å². The van der Waals surface area contributed by atoms with Crippen LogP contribution in [0.2, 0.25) is 0 Å². The molecule has 0 heterocycles. The minimum atomic E-state index is -0.608. The minimum absolute atomic E-state index is 0. The molecule has 0 spiro atoms. The molecule has 0 bridgehead atoms. The summed E-state index contributed by atoms with van der Waals surface area (Å²) in [6.45, 7) is 9.85. The average molecular weight is 677 g/mol. The van der Waals surface area contributed by atoms with Gasteiger partial charge in [-0.05, 0) is 0 Å². The monoisotopic (exact) mass is 676 g/mol. The maximum Gasteiger partial charge on any atom is -1.00 e. The quantitative estimate of drug-likeness (QED) is 0.172. The summed E-state index contributed by atoms with van der Waals surface area (Å²) in [5.41, 5.74) is 7.62. The van der Waals surface area contributed by atoms with Crippen LogP contribution in [0, 0.1) is 0 Å². The molecule has 0 N–H and O–H groups in total. The van der Waals surface area contributed by atoms with Gasteiger partial charge in [0, 0.05) is 0 Å². The van der Waals surface area contributed by atoms with Crippen LogP contribution in [0.5, 0.6) is 0 Å². The van der Waals surface area contributed by atoms with Crippen LogP contribution in [0.1, 0.15) is 71.2 Å². The van der Waals surface area contributed by atoms with Gasteiger partial charge in [-0.2, -0.15) is 0 Å². The first kappa shape index (κ1) is 34.4. The molecule has 4 aromatic rings. The van der Waals surface area contributed by atoms with Crippen LogP contribution in [0.15, 0.2) is 120 Å². The second kappa shape index (κ2) is 15.7. The summed E-state index contributed by atoms with van der Waals surface area (Å²) in [6.07, 6.45) is 7.77. The summed E-state index contributed by atoms with van der Waals surface area (Å²) in [4.78, 5) is 0. The van der Waals surface area contributed by atoms with Gasteiger partial charge in [0.2, 0.25) is 0 Å². The van der Waals surface area contributed by atoms with Gasteiger partial charge < -0.3 is 24.8 Å². The summed E-state index contributed by atoms with van der Waals surface area (Å²) < 4.78 is 1.13. The van der Waals surface area contributed by atoms with Crippen LogP contribution in [-0.2, 0) is 19.2 Å². The minimum Gasteiger partial charge on any atom is -1.00 e. The smallest absolute Gasteiger partial charge is 1.00 e. The maximum absolute atomic E-state index is 2.65. The van der Waals surface area contributed by atoms with Crippen LogP contribution >= 0.6 is 15.8 Å². The Labute approximate surface area is 283 Å². The van der Waals surface area contributed by atoms with Crippen molar-refractivity contribution < 1.29 is 44.0 Å². The van der Waals surface area contributed by atoms with Gasteiger partial charge in [0.1, 0.15) is 0 Å². The van der Waals surface area contributed by atoms with E-state index in [2.05, 4.69) is 149 Å². The average Bonchev–Trinajstić information content (AvgIpc) is 3.56. The normalized spacial score (nSPS) is 18.6. The summed E-state index contributed by atoms with van der Waals surface area (Å²) in [7, 11) is -0.804. The molecule has 0 radical (unpaired) electrons. The van der Waals surface area contributed by atoms with E-state index >= 15 is 0 Å². The topological polar surface area (TPSA) is 0 Å². The molecule has 0 fully saturated rings. The van der Waals surface area contributed by atoms with Gasteiger partial charge in [-0.15, -0.1) is 0 Å². The van der Waals surface area contributed by atoms with E-state index in [-0.39, 0.29) is 32.7 Å². The molecule has 2 aliphatic rings. The predicted molar refractivity (Wildman–Crippen MR) is 180 cm³/mol. The molecule has 0 aliphatic heterocycles. The second-order valence-corrected chi connectivity index (χ2v) is 19.0. The fourth-order valence-electron chi connectivity index (χ4n) is 6.49. The molecule has 0 saturated carbocycles. The van der Waals surface area contributed by atoms with E-state index in [4.69, 9.17) is 0 Å². The molecule has 220 valence electrons. The van der Waals surface area contributed by atoms with Crippen LogP contribution in [-0.4, -0.2) is 11.3 Å². The molecule has 0 amide bonds. The third-order valence-electron chi connectivity index (χ3n) is 8.86. The van der Waals surface area contributed by atoms with Gasteiger partial charge in [-0.1, -0.05) is 0 Å². The van der Waals surface area contributed by atoms with E-state index in [0.29, 0.717) is 8.45 Å². The summed E-state index contributed by atoms with van der Waals surface area (Å²) >= 11 is -0.449. The van der Waals surface area contributed by atoms with E-state index < -0.39 is 27.1 Å². The zero-order valence-electron chi connectivity index (χ0n) is 25.4. The molecule has 6 rings (SSSR count). The number of hydrogen-bond donors (Lipinski definition) is 0. The summed E-state index contributed by atoms with van der Waals surface area (Å²) in [5, 5.41) is 6.40. The standard InChI is InChI=1S/C21H16P.C17H24P.2ClH.Ti/c1-3-11-19(12-4-1)22(20-13-5-2-6-14-20)21-15-17-9-7-8-10-18(17)16-21;1-5-13(3)18(14(4)6-2)17-11-15-9-7-8-10-16(15)12-17;;;/h1-16H;7-14H,5-6H2,1-4H3;2*1H;/q;;;;+2/p-2. The van der Waals surface area contributed by atoms with Crippen molar-refractivity contribution in [1.82, 2.24) is 0 Å². The summed E-state index contributed by atoms with van der Waals surface area (Å²) in [5.74, 6) is 0. The second-order valence-electron chi connectivity index (χ2n) is 11.4. The molecule has 4 aromatic carbocycles. The van der Waals surface area contributed by atoms with Crippen molar-refractivity contribution in [3.05, 3.63) is 142 Å². The molecular formula is C38H40Cl2P2Ti. The molecular weight excluding hydrogens is 637 g/mol. The Morgan fingerprint density at radius 1 is 0.558 bits per heavy atom. The Morgan fingerprint density at radius 3 is 1.42 bits per heavy atom. The number of allylic oxidation sites excluding steroid dienone is 2. The van der Waals surface area contributed by atoms with Crippen molar-refractivity contribution in [2.75, 3.05) is 0 Å². The van der Waals surface area contributed by atoms with Gasteiger partial charge >= 0.3 is 260 Å². The third kappa shape index (κ3) is 7.02. The summed E-state index contributed by atoms with van der Waals surface area (Å²) in [6, 6.07) is 41.3. The van der Waals surface area contributed by atoms with Gasteiger partial charge in [0.15, 0.2) is 0 Å². The molecule has 43 heavy (non-hydrogen) atoms. The first-order valence-corrected chi connectivity index (χ1v) is 19.8. The van der Waals surface area contributed by atoms with Crippen LogP contribution in [0.3, 0.4) is 0 Å². The zero-order chi connectivity index (χ0) is 28.3. The van der Waals surface area contributed by atoms with E-state index in [1.54, 1.807) is 21.8 Å². The largest absolute Gasteiger partial charge is 1.00 e. The zero-order valence-corrected chi connectivity index (χ0v) is 30.3. The Kier molecular flexibility index (Phi) is 12.5. The molecule has 4 unspecified atom stereocenters. The first-order valence-electron chi connectivity index (χ1n) is 15.2. The van der Waals surface area contributed by atoms with Crippen molar-refractivity contribution in [1.29, 1.82) is 0 Å². The number of halogens is 2. The van der Waals surface area contributed by atoms with E-state index in [0.717, 1.165) is 11.3 Å². The van der Waals surface area contributed by atoms with Gasteiger partial charge in [-0.25, -0.2) is 0 Å². The first-order chi connectivity index (χ1) is 20.1. The Balaban J connectivity index is 0.00000212. The Morgan fingerprint density at radius 2 is 0.953 bits per heavy atom. The van der Waals surface area contributed by atoms with Gasteiger partial charge in [0.05, 0.1) is 0 Å². The van der Waals surface area contributed by atoms with Crippen LogP contribution in [0.4, 0.5) is 0 Å². The van der Waals surface area contributed by atoms with Crippen molar-refractivity contribution >= 4 is 38.6 Å². The van der Waals surface area contributed by atoms with Crippen LogP contribution in [0.25, 0.3) is 12.2 Å². The van der Waals surface area contributed by atoms with Crippen molar-refractivity contribution in [2.24, 2.45) is 0 Å². The third-order valence-corrected chi connectivity index (χ3v) is 18.8. The molecule has 0 aromatic heterocycles. The Hall–Kier alpha value is -1.49. The Bertz CT molecular complexity index is 1500. The number of fused-ring (bicyclic) bond motifs is 2. The molecule has 0 saturated heterocycles. The van der Waals surface area contributed by atoms with Crippen molar-refractivity contribution in [3.8, 4) is 0 Å². The van der Waals surface area contributed by atoms with E-state index in [1.807, 2.05) is 0 Å². The predicted octanol–water partition coefficient (Wildman–Crippen LogP) is 4.48. The molecule has 0 nitrogen and oxygen atoms in total. The SMILES string of the molecule is CCC(C)P(C1=Cc2ccccc2[CH]1[Ti+2][CH]1C(P(c2ccccc2)c2ccccc2)=Cc2ccccc21)C(C)CC.[Cl-].[Cl-]. The van der Waals surface area contributed by atoms with E-state index in [1.165, 1.54) is 34.6 Å². The van der Waals surface area contributed by atoms with Crippen molar-refractivity contribution in [3.63, 3.8) is 0 Å². The van der Waals surface area contributed by atoms with Gasteiger partial charge in [-0.3, -0.25) is 0 Å². The molecule has 2 aliphatic carbocycles. The van der Waals surface area contributed by atoms with Gasteiger partial charge in [0.25, 0.3) is 0 Å². The van der Waals surface area contributed by atoms with E-state index in [9.17, 15) is 0 Å². The number of hydrogen-bond acceptors (Lipinski definition) is 0. The fraction of sp³-hybridized carbons (Fsp3) is 0.263. The molecule has 4 atom stereocenters. The van der Waals surface area contributed by atoms with Crippen molar-refractivity contribution in [2.45, 2.75) is 60.3 Å².